The number of halogens is 3. The Hall–Kier alpha value is -2.31. The molecule has 1 aliphatic carbocycles. The van der Waals surface area contributed by atoms with E-state index in [1.807, 2.05) is 0 Å². The van der Waals surface area contributed by atoms with E-state index in [-0.39, 0.29) is 22.5 Å². The first-order valence-electron chi connectivity index (χ1n) is 10.4. The Kier molecular flexibility index (Phi) is 5.13. The van der Waals surface area contributed by atoms with Crippen molar-refractivity contribution in [2.24, 2.45) is 11.8 Å². The van der Waals surface area contributed by atoms with Crippen LogP contribution >= 0.6 is 0 Å². The Balaban J connectivity index is 1.63. The van der Waals surface area contributed by atoms with Crippen LogP contribution in [0.1, 0.15) is 53.5 Å². The van der Waals surface area contributed by atoms with Gasteiger partial charge in [0.2, 0.25) is 10.0 Å². The van der Waals surface area contributed by atoms with Gasteiger partial charge in [0.05, 0.1) is 18.3 Å². The number of aromatic nitrogens is 3. The van der Waals surface area contributed by atoms with Crippen LogP contribution in [0, 0.1) is 11.8 Å². The number of pyridine rings is 1. The molecule has 12 heteroatoms. The molecule has 0 amide bonds. The zero-order chi connectivity index (χ0) is 22.7. The van der Waals surface area contributed by atoms with Gasteiger partial charge in [-0.05, 0) is 49.7 Å². The van der Waals surface area contributed by atoms with E-state index in [9.17, 15) is 26.4 Å². The molecule has 0 bridgehead atoms. The maximum Gasteiger partial charge on any atom is 0.433 e. The number of carbonyl (C=O) groups is 1. The molecule has 32 heavy (non-hydrogen) atoms. The molecule has 4 heterocycles. The lowest BCUT2D eigenvalue weighted by molar-refractivity contribution is -0.141. The predicted octanol–water partition coefficient (Wildman–Crippen LogP) is 2.96. The first-order valence-corrected chi connectivity index (χ1v) is 11.9. The number of fused-ring (bicyclic) bond motifs is 1. The number of sulfonamides is 1. The third-order valence-corrected chi connectivity index (χ3v) is 8.28. The number of nitrogens with one attached hydrogen (secondary N) is 1. The summed E-state index contributed by atoms with van der Waals surface area (Å²) in [7, 11) is -4.33. The Morgan fingerprint density at radius 3 is 2.31 bits per heavy atom. The number of aromatic amines is 1. The highest BCUT2D eigenvalue weighted by Gasteiger charge is 2.54. The van der Waals surface area contributed by atoms with E-state index in [1.165, 1.54) is 10.5 Å². The number of rotatable bonds is 4. The molecule has 0 spiro atoms. The molecule has 2 unspecified atom stereocenters. The van der Waals surface area contributed by atoms with Gasteiger partial charge in [-0.15, -0.1) is 0 Å². The standard InChI is InChI=1S/C20H21F3N4O4S/c21-20(22,23)15-4-3-13(9-24-15)32(29,30)27-17(11-1-2-11)14-10-25-26-16(14)19(28)18(27)12-5-7-31-8-6-12/h3-4,9-12,17-18H,1-2,5-8H2,(H,25,26). The zero-order valence-corrected chi connectivity index (χ0v) is 17.7. The number of ketones is 1. The van der Waals surface area contributed by atoms with Crippen molar-refractivity contribution in [3.8, 4) is 0 Å². The van der Waals surface area contributed by atoms with Gasteiger partial charge in [0.15, 0.2) is 5.78 Å². The predicted molar refractivity (Wildman–Crippen MR) is 104 cm³/mol. The monoisotopic (exact) mass is 470 g/mol. The van der Waals surface area contributed by atoms with Crippen LogP contribution in [0.3, 0.4) is 0 Å². The topological polar surface area (TPSA) is 105 Å². The summed E-state index contributed by atoms with van der Waals surface area (Å²) < 4.78 is 73.1. The average molecular weight is 470 g/mol. The third-order valence-electron chi connectivity index (χ3n) is 6.43. The largest absolute Gasteiger partial charge is 0.433 e. The Labute approximate surface area is 182 Å². The lowest BCUT2D eigenvalue weighted by atomic mass is 9.82. The van der Waals surface area contributed by atoms with E-state index in [0.29, 0.717) is 43.4 Å². The molecular weight excluding hydrogens is 449 g/mol. The van der Waals surface area contributed by atoms with Crippen LogP contribution in [0.15, 0.2) is 29.4 Å². The highest BCUT2D eigenvalue weighted by atomic mass is 32.2. The van der Waals surface area contributed by atoms with Crippen molar-refractivity contribution >= 4 is 15.8 Å². The fourth-order valence-electron chi connectivity index (χ4n) is 4.74. The quantitative estimate of drug-likeness (QED) is 0.737. The van der Waals surface area contributed by atoms with Gasteiger partial charge in [0, 0.05) is 25.0 Å². The summed E-state index contributed by atoms with van der Waals surface area (Å²) in [5.41, 5.74) is -0.345. The van der Waals surface area contributed by atoms with E-state index in [1.54, 1.807) is 0 Å². The first-order chi connectivity index (χ1) is 15.2. The van der Waals surface area contributed by atoms with Crippen molar-refractivity contribution in [1.29, 1.82) is 0 Å². The second kappa shape index (κ2) is 7.63. The van der Waals surface area contributed by atoms with E-state index in [4.69, 9.17) is 4.74 Å². The second-order valence-electron chi connectivity index (χ2n) is 8.45. The van der Waals surface area contributed by atoms with Crippen molar-refractivity contribution in [1.82, 2.24) is 19.5 Å². The van der Waals surface area contributed by atoms with Crippen molar-refractivity contribution in [3.63, 3.8) is 0 Å². The summed E-state index contributed by atoms with van der Waals surface area (Å²) in [5, 5.41) is 6.73. The number of hydrogen-bond donors (Lipinski definition) is 1. The fraction of sp³-hybridized carbons (Fsp3) is 0.550. The van der Waals surface area contributed by atoms with Crippen LogP contribution < -0.4 is 0 Å². The summed E-state index contributed by atoms with van der Waals surface area (Å²) in [6.45, 7) is 0.822. The normalized spacial score (nSPS) is 25.7. The molecule has 0 radical (unpaired) electrons. The van der Waals surface area contributed by atoms with Gasteiger partial charge in [-0.1, -0.05) is 0 Å². The number of alkyl halides is 3. The Morgan fingerprint density at radius 2 is 1.72 bits per heavy atom. The van der Waals surface area contributed by atoms with E-state index >= 15 is 0 Å². The van der Waals surface area contributed by atoms with E-state index in [2.05, 4.69) is 15.2 Å². The van der Waals surface area contributed by atoms with Crippen LogP contribution in [-0.2, 0) is 20.9 Å². The van der Waals surface area contributed by atoms with E-state index < -0.39 is 34.0 Å². The van der Waals surface area contributed by atoms with Crippen molar-refractivity contribution < 1.29 is 31.1 Å². The zero-order valence-electron chi connectivity index (χ0n) is 16.9. The Bertz CT molecular complexity index is 1120. The van der Waals surface area contributed by atoms with Crippen LogP contribution in [0.25, 0.3) is 0 Å². The maximum atomic E-state index is 13.8. The highest BCUT2D eigenvalue weighted by molar-refractivity contribution is 7.89. The van der Waals surface area contributed by atoms with Crippen LogP contribution in [0.4, 0.5) is 13.2 Å². The molecule has 2 aromatic rings. The molecule has 1 N–H and O–H groups in total. The van der Waals surface area contributed by atoms with Crippen LogP contribution in [0.2, 0.25) is 0 Å². The van der Waals surface area contributed by atoms with E-state index in [0.717, 1.165) is 25.1 Å². The summed E-state index contributed by atoms with van der Waals surface area (Å²) >= 11 is 0. The summed E-state index contributed by atoms with van der Waals surface area (Å²) in [4.78, 5) is 16.4. The lowest BCUT2D eigenvalue weighted by Crippen LogP contribution is -2.55. The minimum Gasteiger partial charge on any atom is -0.381 e. The number of H-pyrrole nitrogens is 1. The smallest absolute Gasteiger partial charge is 0.381 e. The van der Waals surface area contributed by atoms with Gasteiger partial charge in [-0.2, -0.15) is 22.6 Å². The van der Waals surface area contributed by atoms with Crippen molar-refractivity contribution in [2.45, 2.75) is 48.8 Å². The molecule has 172 valence electrons. The minimum absolute atomic E-state index is 0.0129. The SMILES string of the molecule is O=C1c2[nH]ncc2C(C2CC2)N(S(=O)(=O)c2ccc(C(F)(F)F)nc2)C1C1CCOCC1. The van der Waals surface area contributed by atoms with Gasteiger partial charge < -0.3 is 4.74 Å². The summed E-state index contributed by atoms with van der Waals surface area (Å²) in [6.07, 6.45) is 0.115. The van der Waals surface area contributed by atoms with Gasteiger partial charge in [-0.3, -0.25) is 14.9 Å². The molecule has 0 aromatic carbocycles. The number of nitrogens with zero attached hydrogens (tertiary/aromatic N) is 3. The first kappa shape index (κ1) is 21.5. The average Bonchev–Trinajstić information content (AvgIpc) is 3.48. The van der Waals surface area contributed by atoms with Gasteiger partial charge in [0.1, 0.15) is 16.3 Å². The molecule has 2 atom stereocenters. The molecule has 8 nitrogen and oxygen atoms in total. The summed E-state index contributed by atoms with van der Waals surface area (Å²) in [5.74, 6) is -0.630. The van der Waals surface area contributed by atoms with Crippen molar-refractivity contribution in [3.05, 3.63) is 41.5 Å². The number of hydrogen-bond acceptors (Lipinski definition) is 6. The fourth-order valence-corrected chi connectivity index (χ4v) is 6.56. The summed E-state index contributed by atoms with van der Waals surface area (Å²) in [6, 6.07) is -0.0328. The molecular formula is C20H21F3N4O4S. The molecule has 1 saturated heterocycles. The number of Topliss-reactive ketones (excluding diaryl/α,β-unsaturated/α-hetero) is 1. The molecule has 2 fully saturated rings. The molecule has 2 aliphatic heterocycles. The lowest BCUT2D eigenvalue weighted by Gasteiger charge is -2.43. The third kappa shape index (κ3) is 3.54. The maximum absolute atomic E-state index is 13.8. The second-order valence-corrected chi connectivity index (χ2v) is 10.3. The molecule has 3 aliphatic rings. The molecule has 2 aromatic heterocycles. The van der Waals surface area contributed by atoms with Crippen molar-refractivity contribution in [2.75, 3.05) is 13.2 Å². The minimum atomic E-state index is -4.68. The Morgan fingerprint density at radius 1 is 1.03 bits per heavy atom. The molecule has 1 saturated carbocycles. The van der Waals surface area contributed by atoms with Crippen LogP contribution in [-0.4, -0.2) is 52.9 Å². The number of carbonyl (C=O) groups excluding carboxylic acids is 1. The van der Waals surface area contributed by atoms with Crippen LogP contribution in [0.5, 0.6) is 0 Å². The van der Waals surface area contributed by atoms with Gasteiger partial charge in [-0.25, -0.2) is 8.42 Å². The van der Waals surface area contributed by atoms with Gasteiger partial charge in [0.25, 0.3) is 0 Å². The van der Waals surface area contributed by atoms with Gasteiger partial charge >= 0.3 is 6.18 Å². The highest BCUT2D eigenvalue weighted by Crippen LogP contribution is 2.51. The number of ether oxygens (including phenoxy) is 1. The molecule has 5 rings (SSSR count).